The van der Waals surface area contributed by atoms with E-state index in [1.54, 1.807) is 7.11 Å². The molecule has 1 atom stereocenters. The van der Waals surface area contributed by atoms with Crippen LogP contribution in [0, 0.1) is 0 Å². The smallest absolute Gasteiger partial charge is 0.267 e. The molecule has 1 unspecified atom stereocenters. The zero-order valence-electron chi connectivity index (χ0n) is 9.00. The largest absolute Gasteiger partial charge is 0.383 e. The number of anilines is 1. The lowest BCUT2D eigenvalue weighted by Crippen LogP contribution is -2.28. The Kier molecular flexibility index (Phi) is 5.44. The van der Waals surface area contributed by atoms with Crippen molar-refractivity contribution in [3.8, 4) is 0 Å². The van der Waals surface area contributed by atoms with Crippen LogP contribution in [0.4, 0.5) is 5.82 Å². The molecule has 0 saturated carbocycles. The van der Waals surface area contributed by atoms with E-state index in [0.29, 0.717) is 23.4 Å². The Hall–Kier alpha value is -0.920. The Morgan fingerprint density at radius 2 is 2.50 bits per heavy atom. The number of nitrogens with one attached hydrogen (secondary N) is 2. The fourth-order valence-electron chi connectivity index (χ4n) is 1.18. The molecule has 7 heteroatoms. The number of rotatable bonds is 6. The molecule has 0 aliphatic rings. The molecule has 0 aromatic carbocycles. The van der Waals surface area contributed by atoms with Gasteiger partial charge in [-0.3, -0.25) is 4.79 Å². The lowest BCUT2D eigenvalue weighted by molar-refractivity contribution is 0.178. The number of nitrogens with zero attached hydrogens (tertiary/aromatic N) is 1. The number of methoxy groups -OCH3 is 1. The van der Waals surface area contributed by atoms with E-state index in [4.69, 9.17) is 10.5 Å². The number of aromatic nitrogens is 2. The predicted octanol–water partition coefficient (Wildman–Crippen LogP) is 0.308. The van der Waals surface area contributed by atoms with Crippen LogP contribution in [0.2, 0.25) is 0 Å². The molecule has 0 spiro atoms. The monoisotopic (exact) mass is 290 g/mol. The van der Waals surface area contributed by atoms with E-state index in [-0.39, 0.29) is 11.6 Å². The topological polar surface area (TPSA) is 93.0 Å². The number of ether oxygens (including phenoxy) is 1. The zero-order valence-corrected chi connectivity index (χ0v) is 10.6. The molecule has 16 heavy (non-hydrogen) atoms. The number of hydrogen-bond donors (Lipinski definition) is 3. The van der Waals surface area contributed by atoms with Crippen LogP contribution < -0.4 is 16.6 Å². The molecule has 6 nitrogen and oxygen atoms in total. The Labute approximate surface area is 102 Å². The van der Waals surface area contributed by atoms with E-state index in [9.17, 15) is 4.79 Å². The van der Waals surface area contributed by atoms with Crippen molar-refractivity contribution < 1.29 is 4.74 Å². The highest BCUT2D eigenvalue weighted by Gasteiger charge is 2.05. The third-order valence-electron chi connectivity index (χ3n) is 1.98. The van der Waals surface area contributed by atoms with Gasteiger partial charge in [-0.05, 0) is 22.4 Å². The highest BCUT2D eigenvalue weighted by molar-refractivity contribution is 9.10. The third kappa shape index (κ3) is 3.92. The second-order valence-corrected chi connectivity index (χ2v) is 4.12. The number of halogens is 1. The standard InChI is InChI=1S/C9H15BrN4O2/c1-16-4-6(11)2-3-12-8-7(10)9(15)14-5-13-8/h5-6H,2-4,11H2,1H3,(H2,12,13,14,15). The molecule has 0 aliphatic heterocycles. The summed E-state index contributed by atoms with van der Waals surface area (Å²) in [4.78, 5) is 17.7. The quantitative estimate of drug-likeness (QED) is 0.701. The summed E-state index contributed by atoms with van der Waals surface area (Å²) in [5.41, 5.74) is 5.54. The number of aromatic amines is 1. The van der Waals surface area contributed by atoms with Crippen LogP contribution in [0.25, 0.3) is 0 Å². The molecular weight excluding hydrogens is 276 g/mol. The van der Waals surface area contributed by atoms with Gasteiger partial charge in [0, 0.05) is 19.7 Å². The Balaban J connectivity index is 2.43. The van der Waals surface area contributed by atoms with Crippen molar-refractivity contribution in [1.29, 1.82) is 0 Å². The fourth-order valence-corrected chi connectivity index (χ4v) is 1.54. The van der Waals surface area contributed by atoms with Gasteiger partial charge in [-0.15, -0.1) is 0 Å². The SMILES string of the molecule is COCC(N)CCNc1nc[nH]c(=O)c1Br. The first-order valence-electron chi connectivity index (χ1n) is 4.86. The van der Waals surface area contributed by atoms with Crippen molar-refractivity contribution in [1.82, 2.24) is 9.97 Å². The van der Waals surface area contributed by atoms with Crippen LogP contribution in [0.15, 0.2) is 15.6 Å². The van der Waals surface area contributed by atoms with Crippen molar-refractivity contribution in [2.75, 3.05) is 25.6 Å². The highest BCUT2D eigenvalue weighted by Crippen LogP contribution is 2.12. The molecule has 0 bridgehead atoms. The normalized spacial score (nSPS) is 12.4. The first-order valence-corrected chi connectivity index (χ1v) is 5.66. The Bertz CT molecular complexity index is 382. The van der Waals surface area contributed by atoms with Crippen LogP contribution in [0.5, 0.6) is 0 Å². The molecule has 4 N–H and O–H groups in total. The van der Waals surface area contributed by atoms with Gasteiger partial charge < -0.3 is 20.8 Å². The molecule has 0 radical (unpaired) electrons. The van der Waals surface area contributed by atoms with Crippen molar-refractivity contribution in [3.05, 3.63) is 21.2 Å². The molecule has 1 rings (SSSR count). The summed E-state index contributed by atoms with van der Waals surface area (Å²) in [6.45, 7) is 1.16. The molecule has 0 saturated heterocycles. The minimum atomic E-state index is -0.210. The van der Waals surface area contributed by atoms with E-state index in [0.717, 1.165) is 6.42 Å². The zero-order chi connectivity index (χ0) is 12.0. The van der Waals surface area contributed by atoms with E-state index in [2.05, 4.69) is 31.2 Å². The highest BCUT2D eigenvalue weighted by atomic mass is 79.9. The van der Waals surface area contributed by atoms with Crippen LogP contribution >= 0.6 is 15.9 Å². The second-order valence-electron chi connectivity index (χ2n) is 3.33. The second kappa shape index (κ2) is 6.62. The maximum Gasteiger partial charge on any atom is 0.267 e. The fraction of sp³-hybridized carbons (Fsp3) is 0.556. The molecular formula is C9H15BrN4O2. The first-order chi connectivity index (χ1) is 7.65. The van der Waals surface area contributed by atoms with Gasteiger partial charge in [0.05, 0.1) is 12.9 Å². The predicted molar refractivity (Wildman–Crippen MR) is 65.5 cm³/mol. The van der Waals surface area contributed by atoms with Gasteiger partial charge in [0.1, 0.15) is 10.3 Å². The number of nitrogens with two attached hydrogens (primary N) is 1. The van der Waals surface area contributed by atoms with Gasteiger partial charge in [-0.2, -0.15) is 0 Å². The molecule has 0 fully saturated rings. The van der Waals surface area contributed by atoms with Crippen molar-refractivity contribution >= 4 is 21.7 Å². The Morgan fingerprint density at radius 1 is 1.75 bits per heavy atom. The summed E-state index contributed by atoms with van der Waals surface area (Å²) in [6.07, 6.45) is 2.10. The minimum Gasteiger partial charge on any atom is -0.383 e. The molecule has 1 aromatic heterocycles. The minimum absolute atomic E-state index is 0.0155. The van der Waals surface area contributed by atoms with E-state index >= 15 is 0 Å². The van der Waals surface area contributed by atoms with E-state index in [1.165, 1.54) is 6.33 Å². The van der Waals surface area contributed by atoms with Crippen LogP contribution in [-0.4, -0.2) is 36.3 Å². The maximum absolute atomic E-state index is 11.2. The van der Waals surface area contributed by atoms with Gasteiger partial charge in [-0.25, -0.2) is 4.98 Å². The van der Waals surface area contributed by atoms with Crippen molar-refractivity contribution in [2.45, 2.75) is 12.5 Å². The summed E-state index contributed by atoms with van der Waals surface area (Å²) < 4.78 is 5.31. The van der Waals surface area contributed by atoms with Crippen LogP contribution in [0.1, 0.15) is 6.42 Å². The van der Waals surface area contributed by atoms with Crippen LogP contribution in [-0.2, 0) is 4.74 Å². The lowest BCUT2D eigenvalue weighted by atomic mass is 10.2. The van der Waals surface area contributed by atoms with E-state index in [1.807, 2.05) is 0 Å². The summed E-state index contributed by atoms with van der Waals surface area (Å²) in [6, 6.07) is -0.0155. The molecule has 0 aliphatic carbocycles. The molecule has 0 amide bonds. The van der Waals surface area contributed by atoms with Gasteiger partial charge in [0.15, 0.2) is 0 Å². The van der Waals surface area contributed by atoms with Crippen LogP contribution in [0.3, 0.4) is 0 Å². The van der Waals surface area contributed by atoms with Crippen molar-refractivity contribution in [2.24, 2.45) is 5.73 Å². The van der Waals surface area contributed by atoms with Gasteiger partial charge in [-0.1, -0.05) is 0 Å². The number of H-pyrrole nitrogens is 1. The Morgan fingerprint density at radius 3 is 3.19 bits per heavy atom. The van der Waals surface area contributed by atoms with Gasteiger partial charge >= 0.3 is 0 Å². The summed E-state index contributed by atoms with van der Waals surface area (Å²) in [5.74, 6) is 0.522. The van der Waals surface area contributed by atoms with Gasteiger partial charge in [0.25, 0.3) is 5.56 Å². The van der Waals surface area contributed by atoms with Crippen molar-refractivity contribution in [3.63, 3.8) is 0 Å². The molecule has 1 heterocycles. The van der Waals surface area contributed by atoms with Gasteiger partial charge in [0.2, 0.25) is 0 Å². The average Bonchev–Trinajstić information content (AvgIpc) is 2.25. The summed E-state index contributed by atoms with van der Waals surface area (Å²) in [7, 11) is 1.61. The molecule has 90 valence electrons. The maximum atomic E-state index is 11.2. The first kappa shape index (κ1) is 13.1. The lowest BCUT2D eigenvalue weighted by Gasteiger charge is -2.11. The molecule has 1 aromatic rings. The summed E-state index contributed by atoms with van der Waals surface area (Å²) >= 11 is 3.15. The van der Waals surface area contributed by atoms with E-state index < -0.39 is 0 Å². The third-order valence-corrected chi connectivity index (χ3v) is 2.72. The summed E-state index contributed by atoms with van der Waals surface area (Å²) in [5, 5.41) is 3.03. The number of hydrogen-bond acceptors (Lipinski definition) is 5. The average molecular weight is 291 g/mol.